The minimum absolute atomic E-state index is 0.00254. The number of nitrogens with zero attached hydrogens (tertiary/aromatic N) is 1. The molecule has 4 amide bonds. The molecule has 2 heterocycles. The summed E-state index contributed by atoms with van der Waals surface area (Å²) in [7, 11) is 0. The number of rotatable bonds is 4. The summed E-state index contributed by atoms with van der Waals surface area (Å²) in [5.41, 5.74) is 0.434. The number of thioether (sulfide) groups is 1. The Labute approximate surface area is 163 Å². The van der Waals surface area contributed by atoms with Crippen LogP contribution < -0.4 is 10.6 Å². The molecule has 0 bridgehead atoms. The summed E-state index contributed by atoms with van der Waals surface area (Å²) in [6, 6.07) is 7.78. The lowest BCUT2D eigenvalue weighted by Gasteiger charge is -2.30. The molecule has 1 aromatic carbocycles. The fraction of sp³-hybridized carbons (Fsp3) is 0.550. The maximum absolute atomic E-state index is 12.8. The van der Waals surface area contributed by atoms with Crippen molar-refractivity contribution in [2.24, 2.45) is 0 Å². The molecule has 1 atom stereocenters. The standard InChI is InChI=1S/C20H25N3O3S/c24-17(21-15-9-13-27-16-7-3-2-6-14(15)16)8-12-23-18(25)20(22-19(23)26)10-4-1-5-11-20/h2-3,6-7,15H,1,4-5,8-13H2,(H,21,24)(H,22,26)/t15-/m1/s1. The highest BCUT2D eigenvalue weighted by Gasteiger charge is 2.51. The monoisotopic (exact) mass is 387 g/mol. The SMILES string of the molecule is O=C(CCN1C(=O)NC2(CCCCC2)C1=O)N[C@@H]1CCSc2ccccc21. The predicted octanol–water partition coefficient (Wildman–Crippen LogP) is 2.98. The fourth-order valence-electron chi connectivity index (χ4n) is 4.35. The van der Waals surface area contributed by atoms with E-state index < -0.39 is 5.54 Å². The quantitative estimate of drug-likeness (QED) is 0.779. The van der Waals surface area contributed by atoms with Gasteiger partial charge in [-0.1, -0.05) is 37.5 Å². The molecular weight excluding hydrogens is 362 g/mol. The summed E-state index contributed by atoms with van der Waals surface area (Å²) in [4.78, 5) is 40.0. The second kappa shape index (κ2) is 7.54. The molecule has 7 heteroatoms. The van der Waals surface area contributed by atoms with Crippen molar-refractivity contribution in [3.63, 3.8) is 0 Å². The first-order valence-corrected chi connectivity index (χ1v) is 10.7. The van der Waals surface area contributed by atoms with Crippen LogP contribution in [0.2, 0.25) is 0 Å². The van der Waals surface area contributed by atoms with Crippen LogP contribution in [0.4, 0.5) is 4.79 Å². The van der Waals surface area contributed by atoms with Crippen molar-refractivity contribution in [3.05, 3.63) is 29.8 Å². The van der Waals surface area contributed by atoms with E-state index in [-0.39, 0.29) is 36.9 Å². The first-order valence-electron chi connectivity index (χ1n) is 9.74. The summed E-state index contributed by atoms with van der Waals surface area (Å²) in [6.45, 7) is 0.140. The molecule has 1 spiro atoms. The molecule has 3 aliphatic rings. The number of urea groups is 1. The van der Waals surface area contributed by atoms with Crippen molar-refractivity contribution >= 4 is 29.6 Å². The van der Waals surface area contributed by atoms with Gasteiger partial charge in [0, 0.05) is 23.6 Å². The van der Waals surface area contributed by atoms with Crippen molar-refractivity contribution in [3.8, 4) is 0 Å². The van der Waals surface area contributed by atoms with Gasteiger partial charge in [-0.3, -0.25) is 14.5 Å². The molecule has 2 N–H and O–H groups in total. The molecule has 1 aromatic rings. The van der Waals surface area contributed by atoms with Crippen LogP contribution in [0.3, 0.4) is 0 Å². The van der Waals surface area contributed by atoms with E-state index in [1.165, 1.54) is 9.80 Å². The van der Waals surface area contributed by atoms with Crippen molar-refractivity contribution in [1.29, 1.82) is 0 Å². The van der Waals surface area contributed by atoms with Gasteiger partial charge < -0.3 is 10.6 Å². The van der Waals surface area contributed by atoms with Crippen LogP contribution >= 0.6 is 11.8 Å². The lowest BCUT2D eigenvalue weighted by Crippen LogP contribution is -2.48. The smallest absolute Gasteiger partial charge is 0.325 e. The number of hydrogen-bond donors (Lipinski definition) is 2. The molecular formula is C20H25N3O3S. The lowest BCUT2D eigenvalue weighted by atomic mass is 9.82. The Morgan fingerprint density at radius 3 is 2.81 bits per heavy atom. The topological polar surface area (TPSA) is 78.5 Å². The number of hydrogen-bond acceptors (Lipinski definition) is 4. The zero-order chi connectivity index (χ0) is 18.9. The largest absolute Gasteiger partial charge is 0.349 e. The minimum atomic E-state index is -0.717. The van der Waals surface area contributed by atoms with Gasteiger partial charge in [0.1, 0.15) is 5.54 Å². The van der Waals surface area contributed by atoms with Crippen LogP contribution in [0.15, 0.2) is 29.2 Å². The lowest BCUT2D eigenvalue weighted by molar-refractivity contribution is -0.132. The van der Waals surface area contributed by atoms with Crippen molar-refractivity contribution in [2.75, 3.05) is 12.3 Å². The third-order valence-corrected chi connectivity index (χ3v) is 6.93. The average Bonchev–Trinajstić information content (AvgIpc) is 2.90. The summed E-state index contributed by atoms with van der Waals surface area (Å²) >= 11 is 1.81. The molecule has 1 saturated carbocycles. The first-order chi connectivity index (χ1) is 13.1. The molecule has 4 rings (SSSR count). The Morgan fingerprint density at radius 1 is 1.22 bits per heavy atom. The molecule has 0 unspecified atom stereocenters. The van der Waals surface area contributed by atoms with Gasteiger partial charge >= 0.3 is 6.03 Å². The Bertz CT molecular complexity index is 761. The summed E-state index contributed by atoms with van der Waals surface area (Å²) < 4.78 is 0. The van der Waals surface area contributed by atoms with Crippen LogP contribution in [0.5, 0.6) is 0 Å². The highest BCUT2D eigenvalue weighted by atomic mass is 32.2. The van der Waals surface area contributed by atoms with E-state index >= 15 is 0 Å². The molecule has 0 aromatic heterocycles. The molecule has 6 nitrogen and oxygen atoms in total. The zero-order valence-corrected chi connectivity index (χ0v) is 16.1. The maximum atomic E-state index is 12.8. The van der Waals surface area contributed by atoms with Gasteiger partial charge in [0.15, 0.2) is 0 Å². The number of carbonyl (C=O) groups is 3. The highest BCUT2D eigenvalue weighted by Crippen LogP contribution is 2.36. The molecule has 2 aliphatic heterocycles. The Balaban J connectivity index is 1.35. The second-order valence-corrected chi connectivity index (χ2v) is 8.71. The van der Waals surface area contributed by atoms with Gasteiger partial charge in [-0.25, -0.2) is 4.79 Å². The minimum Gasteiger partial charge on any atom is -0.349 e. The molecule has 144 valence electrons. The van der Waals surface area contributed by atoms with E-state index in [2.05, 4.69) is 22.8 Å². The number of fused-ring (bicyclic) bond motifs is 1. The van der Waals surface area contributed by atoms with Crippen molar-refractivity contribution in [2.45, 2.75) is 61.4 Å². The van der Waals surface area contributed by atoms with Crippen LogP contribution in [0.25, 0.3) is 0 Å². The molecule has 27 heavy (non-hydrogen) atoms. The summed E-state index contributed by atoms with van der Waals surface area (Å²) in [5, 5.41) is 5.97. The van der Waals surface area contributed by atoms with Gasteiger partial charge in [0.05, 0.1) is 6.04 Å². The number of amides is 4. The number of imide groups is 1. The third kappa shape index (κ3) is 3.57. The molecule has 2 fully saturated rings. The van der Waals surface area contributed by atoms with E-state index in [1.54, 1.807) is 0 Å². The van der Waals surface area contributed by atoms with Crippen LogP contribution in [-0.4, -0.2) is 40.6 Å². The Morgan fingerprint density at radius 2 is 2.00 bits per heavy atom. The first kappa shape index (κ1) is 18.3. The summed E-state index contributed by atoms with van der Waals surface area (Å²) in [5.74, 6) is 0.698. The maximum Gasteiger partial charge on any atom is 0.325 e. The second-order valence-electron chi connectivity index (χ2n) is 7.57. The predicted molar refractivity (Wildman–Crippen MR) is 103 cm³/mol. The van der Waals surface area contributed by atoms with E-state index in [4.69, 9.17) is 0 Å². The van der Waals surface area contributed by atoms with Crippen LogP contribution in [0.1, 0.15) is 56.6 Å². The van der Waals surface area contributed by atoms with Crippen molar-refractivity contribution in [1.82, 2.24) is 15.5 Å². The van der Waals surface area contributed by atoms with Gasteiger partial charge in [0.2, 0.25) is 5.91 Å². The highest BCUT2D eigenvalue weighted by molar-refractivity contribution is 7.99. The molecule has 0 radical (unpaired) electrons. The third-order valence-electron chi connectivity index (χ3n) is 5.81. The molecule has 1 aliphatic carbocycles. The van der Waals surface area contributed by atoms with E-state index in [0.29, 0.717) is 12.8 Å². The Kier molecular flexibility index (Phi) is 5.12. The number of nitrogens with one attached hydrogen (secondary N) is 2. The zero-order valence-electron chi connectivity index (χ0n) is 15.3. The van der Waals surface area contributed by atoms with Crippen LogP contribution in [-0.2, 0) is 9.59 Å². The number of carbonyl (C=O) groups excluding carboxylic acids is 3. The summed E-state index contributed by atoms with van der Waals surface area (Å²) in [6.07, 6.45) is 5.46. The average molecular weight is 388 g/mol. The van der Waals surface area contributed by atoms with Crippen molar-refractivity contribution < 1.29 is 14.4 Å². The molecule has 1 saturated heterocycles. The van der Waals surface area contributed by atoms with Gasteiger partial charge in [-0.15, -0.1) is 11.8 Å². The van der Waals surface area contributed by atoms with E-state index in [9.17, 15) is 14.4 Å². The van der Waals surface area contributed by atoms with E-state index in [1.807, 2.05) is 23.9 Å². The van der Waals surface area contributed by atoms with Crippen LogP contribution in [0, 0.1) is 0 Å². The van der Waals surface area contributed by atoms with Gasteiger partial charge in [0.25, 0.3) is 5.91 Å². The fourth-order valence-corrected chi connectivity index (χ4v) is 5.47. The van der Waals surface area contributed by atoms with Gasteiger partial charge in [-0.05, 0) is 30.9 Å². The number of benzene rings is 1. The normalized spacial score (nSPS) is 23.9. The Hall–Kier alpha value is -2.02. The van der Waals surface area contributed by atoms with Gasteiger partial charge in [-0.2, -0.15) is 0 Å². The van der Waals surface area contributed by atoms with E-state index in [0.717, 1.165) is 37.0 Å².